The summed E-state index contributed by atoms with van der Waals surface area (Å²) in [6, 6.07) is 7.65. The summed E-state index contributed by atoms with van der Waals surface area (Å²) >= 11 is 0. The molecule has 1 amide bonds. The molecule has 1 saturated carbocycles. The largest absolute Gasteiger partial charge is 0.492 e. The zero-order chi connectivity index (χ0) is 18.6. The van der Waals surface area contributed by atoms with Crippen LogP contribution in [-0.4, -0.2) is 42.6 Å². The van der Waals surface area contributed by atoms with Gasteiger partial charge in [-0.05, 0) is 62.9 Å². The maximum Gasteiger partial charge on any atom is 0.229 e. The van der Waals surface area contributed by atoms with Gasteiger partial charge in [0.15, 0.2) is 0 Å². The molecule has 0 radical (unpaired) electrons. The van der Waals surface area contributed by atoms with Crippen LogP contribution in [0.2, 0.25) is 0 Å². The average Bonchev–Trinajstić information content (AvgIpc) is 3.01. The number of benzene rings is 1. The van der Waals surface area contributed by atoms with Gasteiger partial charge in [-0.1, -0.05) is 19.8 Å². The highest BCUT2D eigenvalue weighted by Crippen LogP contribution is 2.32. The average molecular weight is 432 g/mol. The summed E-state index contributed by atoms with van der Waals surface area (Å²) in [5, 5.41) is 3.02. The van der Waals surface area contributed by atoms with Gasteiger partial charge in [0.2, 0.25) is 5.91 Å². The first kappa shape index (κ1) is 25.0. The van der Waals surface area contributed by atoms with Crippen LogP contribution in [0.4, 0.5) is 5.69 Å². The van der Waals surface area contributed by atoms with Crippen molar-refractivity contribution in [2.24, 2.45) is 17.6 Å². The smallest absolute Gasteiger partial charge is 0.229 e. The Morgan fingerprint density at radius 2 is 1.96 bits per heavy atom. The number of carbonyl (C=O) groups is 1. The molecule has 3 N–H and O–H groups in total. The molecule has 28 heavy (non-hydrogen) atoms. The monoisotopic (exact) mass is 431 g/mol. The Kier molecular flexibility index (Phi) is 10.1. The number of rotatable bonds is 6. The van der Waals surface area contributed by atoms with Crippen molar-refractivity contribution in [2.75, 3.05) is 31.6 Å². The standard InChI is InChI=1S/C21H33N3O2.2ClH/c1-16-10-12-24(15-16)13-14-26-18-8-6-17(7-9-18)23-20(25)19-5-3-4-11-21(19,2)22;;/h6-9,16,19H,3-5,10-15,22H2,1-2H3,(H,23,25);2*1H. The van der Waals surface area contributed by atoms with Gasteiger partial charge in [0.05, 0.1) is 5.92 Å². The number of hydrogen-bond acceptors (Lipinski definition) is 4. The lowest BCUT2D eigenvalue weighted by molar-refractivity contribution is -0.122. The van der Waals surface area contributed by atoms with Crippen molar-refractivity contribution in [2.45, 2.75) is 51.5 Å². The van der Waals surface area contributed by atoms with Crippen molar-refractivity contribution in [1.29, 1.82) is 0 Å². The van der Waals surface area contributed by atoms with E-state index >= 15 is 0 Å². The Morgan fingerprint density at radius 3 is 2.57 bits per heavy atom. The summed E-state index contributed by atoms with van der Waals surface area (Å²) in [4.78, 5) is 15.0. The van der Waals surface area contributed by atoms with Gasteiger partial charge in [0.1, 0.15) is 12.4 Å². The van der Waals surface area contributed by atoms with Crippen LogP contribution >= 0.6 is 24.8 Å². The number of nitrogens with zero attached hydrogens (tertiary/aromatic N) is 1. The number of nitrogens with two attached hydrogens (primary N) is 1. The maximum atomic E-state index is 12.6. The zero-order valence-electron chi connectivity index (χ0n) is 17.0. The van der Waals surface area contributed by atoms with E-state index in [1.807, 2.05) is 31.2 Å². The van der Waals surface area contributed by atoms with Crippen molar-refractivity contribution in [3.05, 3.63) is 24.3 Å². The molecule has 160 valence electrons. The third-order valence-electron chi connectivity index (χ3n) is 5.88. The molecule has 1 heterocycles. The number of ether oxygens (including phenoxy) is 1. The van der Waals surface area contributed by atoms with Gasteiger partial charge < -0.3 is 15.8 Å². The molecule has 5 nitrogen and oxygen atoms in total. The molecular weight excluding hydrogens is 397 g/mol. The number of hydrogen-bond donors (Lipinski definition) is 2. The first-order valence-corrected chi connectivity index (χ1v) is 9.99. The Labute approximate surface area is 181 Å². The fourth-order valence-electron chi connectivity index (χ4n) is 4.17. The molecule has 1 aliphatic heterocycles. The molecular formula is C21H35Cl2N3O2. The second-order valence-electron chi connectivity index (χ2n) is 8.36. The molecule has 0 aromatic heterocycles. The van der Waals surface area contributed by atoms with E-state index in [0.717, 1.165) is 49.6 Å². The maximum absolute atomic E-state index is 12.6. The van der Waals surface area contributed by atoms with Gasteiger partial charge in [-0.2, -0.15) is 0 Å². The van der Waals surface area contributed by atoms with Gasteiger partial charge in [0.25, 0.3) is 0 Å². The minimum absolute atomic E-state index is 0. The quantitative estimate of drug-likeness (QED) is 0.711. The van der Waals surface area contributed by atoms with E-state index in [9.17, 15) is 4.79 Å². The minimum atomic E-state index is -0.404. The molecule has 0 bridgehead atoms. The predicted octanol–water partition coefficient (Wildman–Crippen LogP) is 4.10. The minimum Gasteiger partial charge on any atom is -0.492 e. The van der Waals surface area contributed by atoms with Gasteiger partial charge in [-0.15, -0.1) is 24.8 Å². The van der Waals surface area contributed by atoms with E-state index in [4.69, 9.17) is 10.5 Å². The summed E-state index contributed by atoms with van der Waals surface area (Å²) in [5.41, 5.74) is 6.73. The van der Waals surface area contributed by atoms with Crippen LogP contribution in [0, 0.1) is 11.8 Å². The van der Waals surface area contributed by atoms with Crippen molar-refractivity contribution in [1.82, 2.24) is 4.90 Å². The number of carbonyl (C=O) groups excluding carboxylic acids is 1. The molecule has 2 fully saturated rings. The number of anilines is 1. The Bertz CT molecular complexity index is 610. The van der Waals surface area contributed by atoms with Gasteiger partial charge in [-0.25, -0.2) is 0 Å². The number of nitrogens with one attached hydrogen (secondary N) is 1. The van der Waals surface area contributed by atoms with Crippen molar-refractivity contribution in [3.8, 4) is 5.75 Å². The molecule has 1 saturated heterocycles. The summed E-state index contributed by atoms with van der Waals surface area (Å²) < 4.78 is 5.84. The van der Waals surface area contributed by atoms with Crippen LogP contribution in [0.5, 0.6) is 5.75 Å². The highest BCUT2D eigenvalue weighted by molar-refractivity contribution is 5.93. The number of amides is 1. The van der Waals surface area contributed by atoms with Crippen molar-refractivity contribution >= 4 is 36.4 Å². The topological polar surface area (TPSA) is 67.6 Å². The van der Waals surface area contributed by atoms with Gasteiger partial charge in [0, 0.05) is 24.3 Å². The Balaban J connectivity index is 0.00000196. The van der Waals surface area contributed by atoms with E-state index in [0.29, 0.717) is 6.61 Å². The van der Waals surface area contributed by atoms with E-state index in [-0.39, 0.29) is 36.6 Å². The number of halogens is 2. The summed E-state index contributed by atoms with van der Waals surface area (Å²) in [5.74, 6) is 1.57. The van der Waals surface area contributed by atoms with Crippen LogP contribution < -0.4 is 15.8 Å². The Morgan fingerprint density at radius 1 is 1.25 bits per heavy atom. The molecule has 7 heteroatoms. The highest BCUT2D eigenvalue weighted by Gasteiger charge is 2.37. The predicted molar refractivity (Wildman–Crippen MR) is 120 cm³/mol. The van der Waals surface area contributed by atoms with Crippen LogP contribution in [-0.2, 0) is 4.79 Å². The molecule has 0 spiro atoms. The van der Waals surface area contributed by atoms with E-state index in [2.05, 4.69) is 17.1 Å². The molecule has 1 aromatic rings. The third kappa shape index (κ3) is 6.80. The lowest BCUT2D eigenvalue weighted by Gasteiger charge is -2.37. The van der Waals surface area contributed by atoms with Crippen molar-refractivity contribution < 1.29 is 9.53 Å². The highest BCUT2D eigenvalue weighted by atomic mass is 35.5. The normalized spacial score (nSPS) is 27.4. The number of likely N-dealkylation sites (tertiary alicyclic amines) is 1. The van der Waals surface area contributed by atoms with Gasteiger partial charge in [-0.3, -0.25) is 9.69 Å². The zero-order valence-corrected chi connectivity index (χ0v) is 18.6. The van der Waals surface area contributed by atoms with E-state index < -0.39 is 5.54 Å². The SMILES string of the molecule is CC1CCN(CCOc2ccc(NC(=O)C3CCCCC3(C)N)cc2)C1.Cl.Cl. The van der Waals surface area contributed by atoms with Crippen LogP contribution in [0.15, 0.2) is 24.3 Å². The lowest BCUT2D eigenvalue weighted by Crippen LogP contribution is -2.51. The van der Waals surface area contributed by atoms with Crippen LogP contribution in [0.1, 0.15) is 46.0 Å². The lowest BCUT2D eigenvalue weighted by atomic mass is 9.74. The molecule has 3 unspecified atom stereocenters. The van der Waals surface area contributed by atoms with E-state index in [1.54, 1.807) is 0 Å². The van der Waals surface area contributed by atoms with Gasteiger partial charge >= 0.3 is 0 Å². The molecule has 2 aliphatic rings. The first-order valence-electron chi connectivity index (χ1n) is 9.99. The fourth-order valence-corrected chi connectivity index (χ4v) is 4.17. The fraction of sp³-hybridized carbons (Fsp3) is 0.667. The summed E-state index contributed by atoms with van der Waals surface area (Å²) in [6.45, 7) is 8.32. The second-order valence-corrected chi connectivity index (χ2v) is 8.36. The summed E-state index contributed by atoms with van der Waals surface area (Å²) in [7, 11) is 0. The van der Waals surface area contributed by atoms with Crippen LogP contribution in [0.3, 0.4) is 0 Å². The second kappa shape index (κ2) is 11.2. The van der Waals surface area contributed by atoms with Crippen molar-refractivity contribution in [3.63, 3.8) is 0 Å². The molecule has 1 aliphatic carbocycles. The first-order chi connectivity index (χ1) is 12.4. The molecule has 3 atom stereocenters. The molecule has 3 rings (SSSR count). The Hall–Kier alpha value is -1.01. The third-order valence-corrected chi connectivity index (χ3v) is 5.88. The molecule has 1 aromatic carbocycles. The summed E-state index contributed by atoms with van der Waals surface area (Å²) in [6.07, 6.45) is 5.26. The van der Waals surface area contributed by atoms with E-state index in [1.165, 1.54) is 19.5 Å². The van der Waals surface area contributed by atoms with Crippen LogP contribution in [0.25, 0.3) is 0 Å².